The number of rotatable bonds is 2. The third kappa shape index (κ3) is 2.43. The van der Waals surface area contributed by atoms with E-state index >= 15 is 0 Å². The molecule has 2 aliphatic rings. The summed E-state index contributed by atoms with van der Waals surface area (Å²) >= 11 is 0. The van der Waals surface area contributed by atoms with Crippen LogP contribution in [0.1, 0.15) is 26.2 Å². The summed E-state index contributed by atoms with van der Waals surface area (Å²) < 4.78 is 0. The van der Waals surface area contributed by atoms with Gasteiger partial charge in [-0.25, -0.2) is 0 Å². The standard InChI is InChI=1S/C13H22N2/c1-11-4-6-12(7-5-11)15-9-8-13(10-15)14(2)3/h4,6,13H,5,7-10H2,1-3H3/t13-/m0/s1. The lowest BCUT2D eigenvalue weighted by Crippen LogP contribution is -2.31. The van der Waals surface area contributed by atoms with Crippen molar-refractivity contribution in [3.63, 3.8) is 0 Å². The summed E-state index contributed by atoms with van der Waals surface area (Å²) in [7, 11) is 4.38. The van der Waals surface area contributed by atoms with Crippen molar-refractivity contribution >= 4 is 0 Å². The van der Waals surface area contributed by atoms with Gasteiger partial charge in [-0.15, -0.1) is 0 Å². The molecular weight excluding hydrogens is 184 g/mol. The van der Waals surface area contributed by atoms with Crippen LogP contribution in [0.3, 0.4) is 0 Å². The van der Waals surface area contributed by atoms with Crippen LogP contribution >= 0.6 is 0 Å². The molecule has 0 amide bonds. The molecule has 2 nitrogen and oxygen atoms in total. The fourth-order valence-electron chi connectivity index (χ4n) is 2.42. The molecule has 2 heteroatoms. The van der Waals surface area contributed by atoms with Crippen molar-refractivity contribution in [1.29, 1.82) is 0 Å². The second kappa shape index (κ2) is 4.40. The van der Waals surface area contributed by atoms with Gasteiger partial charge in [0.15, 0.2) is 0 Å². The van der Waals surface area contributed by atoms with Crippen molar-refractivity contribution in [2.45, 2.75) is 32.2 Å². The SMILES string of the molecule is CC1=CC=C(N2CC[C@H](N(C)C)C2)CC1. The summed E-state index contributed by atoms with van der Waals surface area (Å²) in [5, 5.41) is 0. The molecule has 1 aliphatic carbocycles. The Hall–Kier alpha value is -0.760. The van der Waals surface area contributed by atoms with Gasteiger partial charge in [-0.1, -0.05) is 11.6 Å². The average Bonchev–Trinajstić information content (AvgIpc) is 2.68. The maximum absolute atomic E-state index is 2.56. The van der Waals surface area contributed by atoms with Crippen LogP contribution in [0.25, 0.3) is 0 Å². The highest BCUT2D eigenvalue weighted by Crippen LogP contribution is 2.25. The maximum Gasteiger partial charge on any atom is 0.0331 e. The van der Waals surface area contributed by atoms with Gasteiger partial charge in [0.1, 0.15) is 0 Å². The first kappa shape index (κ1) is 10.7. The van der Waals surface area contributed by atoms with Crippen molar-refractivity contribution in [2.75, 3.05) is 27.2 Å². The van der Waals surface area contributed by atoms with Crippen LogP contribution < -0.4 is 0 Å². The average molecular weight is 206 g/mol. The zero-order valence-corrected chi connectivity index (χ0v) is 10.2. The van der Waals surface area contributed by atoms with E-state index in [0.717, 1.165) is 6.04 Å². The van der Waals surface area contributed by atoms with E-state index in [-0.39, 0.29) is 0 Å². The number of nitrogens with zero attached hydrogens (tertiary/aromatic N) is 2. The second-order valence-electron chi connectivity index (χ2n) is 5.02. The third-order valence-corrected chi connectivity index (χ3v) is 3.64. The van der Waals surface area contributed by atoms with Crippen LogP contribution in [-0.2, 0) is 0 Å². The Morgan fingerprint density at radius 1 is 1.27 bits per heavy atom. The highest BCUT2D eigenvalue weighted by Gasteiger charge is 2.25. The van der Waals surface area contributed by atoms with Gasteiger partial charge in [0, 0.05) is 24.8 Å². The molecule has 0 bridgehead atoms. The lowest BCUT2D eigenvalue weighted by molar-refractivity contribution is 0.288. The second-order valence-corrected chi connectivity index (χ2v) is 5.02. The van der Waals surface area contributed by atoms with E-state index in [0.29, 0.717) is 0 Å². The quantitative estimate of drug-likeness (QED) is 0.683. The smallest absolute Gasteiger partial charge is 0.0331 e. The van der Waals surface area contributed by atoms with Crippen molar-refractivity contribution in [3.8, 4) is 0 Å². The highest BCUT2D eigenvalue weighted by molar-refractivity contribution is 5.22. The summed E-state index contributed by atoms with van der Waals surface area (Å²) in [4.78, 5) is 4.91. The Labute approximate surface area is 93.2 Å². The summed E-state index contributed by atoms with van der Waals surface area (Å²) in [5.41, 5.74) is 3.06. The molecule has 1 fully saturated rings. The minimum Gasteiger partial charge on any atom is -0.373 e. The molecule has 1 atom stereocenters. The van der Waals surface area contributed by atoms with Crippen LogP contribution in [0.15, 0.2) is 23.4 Å². The predicted molar refractivity (Wildman–Crippen MR) is 64.7 cm³/mol. The maximum atomic E-state index is 2.56. The highest BCUT2D eigenvalue weighted by atomic mass is 15.2. The molecule has 0 unspecified atom stereocenters. The zero-order chi connectivity index (χ0) is 10.8. The van der Waals surface area contributed by atoms with Crippen molar-refractivity contribution in [3.05, 3.63) is 23.4 Å². The van der Waals surface area contributed by atoms with Crippen LogP contribution in [0.5, 0.6) is 0 Å². The fraction of sp³-hybridized carbons (Fsp3) is 0.692. The molecule has 15 heavy (non-hydrogen) atoms. The minimum atomic E-state index is 0.748. The largest absolute Gasteiger partial charge is 0.373 e. The number of allylic oxidation sites excluding steroid dienone is 4. The summed E-state index contributed by atoms with van der Waals surface area (Å²) in [6.45, 7) is 4.67. The molecule has 1 heterocycles. The van der Waals surface area contributed by atoms with Gasteiger partial charge in [0.2, 0.25) is 0 Å². The molecule has 0 aromatic carbocycles. The first-order chi connectivity index (χ1) is 7.16. The third-order valence-electron chi connectivity index (χ3n) is 3.64. The number of hydrogen-bond donors (Lipinski definition) is 0. The zero-order valence-electron chi connectivity index (χ0n) is 10.2. The van der Waals surface area contributed by atoms with E-state index in [9.17, 15) is 0 Å². The summed E-state index contributed by atoms with van der Waals surface area (Å²) in [6.07, 6.45) is 8.39. The predicted octanol–water partition coefficient (Wildman–Crippen LogP) is 2.25. The van der Waals surface area contributed by atoms with Crippen LogP contribution in [0.2, 0.25) is 0 Å². The van der Waals surface area contributed by atoms with E-state index in [2.05, 4.69) is 43.0 Å². The van der Waals surface area contributed by atoms with E-state index < -0.39 is 0 Å². The Morgan fingerprint density at radius 3 is 2.60 bits per heavy atom. The molecule has 0 spiro atoms. The van der Waals surface area contributed by atoms with Crippen LogP contribution in [0, 0.1) is 0 Å². The first-order valence-electron chi connectivity index (χ1n) is 5.94. The number of likely N-dealkylation sites (tertiary alicyclic amines) is 1. The molecule has 0 saturated carbocycles. The Bertz CT molecular complexity index is 289. The van der Waals surface area contributed by atoms with E-state index in [1.54, 1.807) is 5.70 Å². The lowest BCUT2D eigenvalue weighted by Gasteiger charge is -2.25. The first-order valence-corrected chi connectivity index (χ1v) is 5.94. The topological polar surface area (TPSA) is 6.48 Å². The van der Waals surface area contributed by atoms with E-state index in [1.807, 2.05) is 0 Å². The Kier molecular flexibility index (Phi) is 3.15. The lowest BCUT2D eigenvalue weighted by atomic mass is 10.0. The molecule has 0 radical (unpaired) electrons. The van der Waals surface area contributed by atoms with Gasteiger partial charge in [-0.3, -0.25) is 0 Å². The molecule has 2 rings (SSSR count). The molecule has 0 aromatic heterocycles. The Balaban J connectivity index is 1.97. The molecule has 0 aromatic rings. The number of likely N-dealkylation sites (N-methyl/N-ethyl adjacent to an activating group) is 1. The van der Waals surface area contributed by atoms with Gasteiger partial charge in [0.05, 0.1) is 0 Å². The molecule has 1 saturated heterocycles. The monoisotopic (exact) mass is 206 g/mol. The molecular formula is C13H22N2. The van der Waals surface area contributed by atoms with Gasteiger partial charge in [0.25, 0.3) is 0 Å². The van der Waals surface area contributed by atoms with E-state index in [4.69, 9.17) is 0 Å². The van der Waals surface area contributed by atoms with Crippen molar-refractivity contribution in [1.82, 2.24) is 9.80 Å². The van der Waals surface area contributed by atoms with Crippen LogP contribution in [0.4, 0.5) is 0 Å². The molecule has 84 valence electrons. The summed E-state index contributed by atoms with van der Waals surface area (Å²) in [6, 6.07) is 0.748. The van der Waals surface area contributed by atoms with Crippen LogP contribution in [-0.4, -0.2) is 43.0 Å². The van der Waals surface area contributed by atoms with E-state index in [1.165, 1.54) is 37.9 Å². The molecule has 0 N–H and O–H groups in total. The van der Waals surface area contributed by atoms with Crippen molar-refractivity contribution < 1.29 is 0 Å². The normalized spacial score (nSPS) is 26.9. The fourth-order valence-corrected chi connectivity index (χ4v) is 2.42. The van der Waals surface area contributed by atoms with Crippen molar-refractivity contribution in [2.24, 2.45) is 0 Å². The van der Waals surface area contributed by atoms with Gasteiger partial charge in [-0.05, 0) is 46.4 Å². The van der Waals surface area contributed by atoms with Gasteiger partial charge >= 0.3 is 0 Å². The minimum absolute atomic E-state index is 0.748. The van der Waals surface area contributed by atoms with Gasteiger partial charge < -0.3 is 9.80 Å². The molecule has 1 aliphatic heterocycles. The summed E-state index contributed by atoms with van der Waals surface area (Å²) in [5.74, 6) is 0. The van der Waals surface area contributed by atoms with Gasteiger partial charge in [-0.2, -0.15) is 0 Å². The Morgan fingerprint density at radius 2 is 2.07 bits per heavy atom. The number of hydrogen-bond acceptors (Lipinski definition) is 2.